The average molecular weight is 549 g/mol. The summed E-state index contributed by atoms with van der Waals surface area (Å²) >= 11 is 8.12. The van der Waals surface area contributed by atoms with Gasteiger partial charge >= 0.3 is 0 Å². The quantitative estimate of drug-likeness (QED) is 0.229. The molecule has 0 unspecified atom stereocenters. The fourth-order valence-electron chi connectivity index (χ4n) is 2.80. The molecular formula is C24H22ClIN2O3. The molecule has 0 atom stereocenters. The Hall–Kier alpha value is -2.58. The molecule has 0 spiro atoms. The summed E-state index contributed by atoms with van der Waals surface area (Å²) in [6.07, 6.45) is 1.86. The molecule has 0 bridgehead atoms. The van der Waals surface area contributed by atoms with Crippen molar-refractivity contribution in [3.05, 3.63) is 91.5 Å². The summed E-state index contributed by atoms with van der Waals surface area (Å²) in [5.74, 6) is 1.07. The van der Waals surface area contributed by atoms with Crippen LogP contribution in [0.15, 0.2) is 65.8 Å². The van der Waals surface area contributed by atoms with E-state index in [0.717, 1.165) is 25.8 Å². The van der Waals surface area contributed by atoms with Gasteiger partial charge in [-0.05, 0) is 70.5 Å². The van der Waals surface area contributed by atoms with Crippen LogP contribution in [0.25, 0.3) is 0 Å². The lowest BCUT2D eigenvalue weighted by Crippen LogP contribution is -2.19. The molecule has 0 aliphatic heterocycles. The van der Waals surface area contributed by atoms with Crippen molar-refractivity contribution in [3.8, 4) is 11.5 Å². The predicted octanol–water partition coefficient (Wildman–Crippen LogP) is 5.53. The second kappa shape index (κ2) is 11.2. The summed E-state index contributed by atoms with van der Waals surface area (Å²) in [7, 11) is 1.59. The molecule has 0 radical (unpaired) electrons. The lowest BCUT2D eigenvalue weighted by Gasteiger charge is -2.13. The zero-order valence-electron chi connectivity index (χ0n) is 17.2. The van der Waals surface area contributed by atoms with E-state index in [4.69, 9.17) is 21.1 Å². The predicted molar refractivity (Wildman–Crippen MR) is 132 cm³/mol. The zero-order valence-corrected chi connectivity index (χ0v) is 20.1. The van der Waals surface area contributed by atoms with Crippen molar-refractivity contribution in [2.45, 2.75) is 20.0 Å². The first-order chi connectivity index (χ1) is 14.9. The van der Waals surface area contributed by atoms with Crippen molar-refractivity contribution in [1.82, 2.24) is 5.43 Å². The fourth-order valence-corrected chi connectivity index (χ4v) is 3.71. The molecule has 0 aromatic heterocycles. The fraction of sp³-hybridized carbons (Fsp3) is 0.167. The maximum absolute atomic E-state index is 12.1. The maximum atomic E-state index is 12.1. The molecule has 7 heteroatoms. The van der Waals surface area contributed by atoms with E-state index in [-0.39, 0.29) is 12.3 Å². The Morgan fingerprint density at radius 3 is 2.45 bits per heavy atom. The van der Waals surface area contributed by atoms with Crippen LogP contribution < -0.4 is 14.9 Å². The Balaban J connectivity index is 1.62. The highest BCUT2D eigenvalue weighted by Gasteiger charge is 2.12. The summed E-state index contributed by atoms with van der Waals surface area (Å²) in [5, 5.41) is 4.75. The van der Waals surface area contributed by atoms with E-state index in [1.165, 1.54) is 0 Å². The van der Waals surface area contributed by atoms with Crippen molar-refractivity contribution in [1.29, 1.82) is 0 Å². The van der Waals surface area contributed by atoms with Gasteiger partial charge in [0.2, 0.25) is 5.91 Å². The van der Waals surface area contributed by atoms with E-state index in [0.29, 0.717) is 23.1 Å². The van der Waals surface area contributed by atoms with E-state index in [1.807, 2.05) is 67.6 Å². The number of ether oxygens (including phenoxy) is 2. The number of hydrogen-bond acceptors (Lipinski definition) is 4. The van der Waals surface area contributed by atoms with Gasteiger partial charge in [0.25, 0.3) is 0 Å². The minimum absolute atomic E-state index is 0.176. The summed E-state index contributed by atoms with van der Waals surface area (Å²) in [5.41, 5.74) is 6.45. The molecule has 0 aliphatic rings. The van der Waals surface area contributed by atoms with Gasteiger partial charge in [-0.25, -0.2) is 5.43 Å². The molecule has 0 saturated heterocycles. The van der Waals surface area contributed by atoms with Crippen molar-refractivity contribution in [3.63, 3.8) is 0 Å². The zero-order chi connectivity index (χ0) is 22.2. The summed E-state index contributed by atoms with van der Waals surface area (Å²) < 4.78 is 12.3. The van der Waals surface area contributed by atoms with Gasteiger partial charge in [-0.3, -0.25) is 4.79 Å². The molecule has 0 saturated carbocycles. The number of hydrazone groups is 1. The van der Waals surface area contributed by atoms with Crippen LogP contribution in [0.2, 0.25) is 5.02 Å². The van der Waals surface area contributed by atoms with Gasteiger partial charge in [0, 0.05) is 5.02 Å². The Morgan fingerprint density at radius 1 is 1.10 bits per heavy atom. The minimum atomic E-state index is -0.176. The number of amides is 1. The van der Waals surface area contributed by atoms with Crippen LogP contribution in [0, 0.1) is 10.5 Å². The Labute approximate surface area is 200 Å². The number of nitrogens with one attached hydrogen (secondary N) is 1. The molecule has 3 aromatic carbocycles. The van der Waals surface area contributed by atoms with E-state index < -0.39 is 0 Å². The van der Waals surface area contributed by atoms with Crippen LogP contribution in [0.3, 0.4) is 0 Å². The molecule has 0 aliphatic carbocycles. The maximum Gasteiger partial charge on any atom is 0.244 e. The van der Waals surface area contributed by atoms with Crippen LogP contribution in [0.1, 0.15) is 22.3 Å². The van der Waals surface area contributed by atoms with Crippen molar-refractivity contribution in [2.75, 3.05) is 7.11 Å². The number of hydrogen-bond donors (Lipinski definition) is 1. The van der Waals surface area contributed by atoms with E-state index in [2.05, 4.69) is 33.1 Å². The molecular weight excluding hydrogens is 527 g/mol. The van der Waals surface area contributed by atoms with Crippen LogP contribution in [-0.2, 0) is 17.8 Å². The van der Waals surface area contributed by atoms with Crippen LogP contribution in [-0.4, -0.2) is 19.2 Å². The highest BCUT2D eigenvalue weighted by Crippen LogP contribution is 2.34. The molecule has 3 aromatic rings. The van der Waals surface area contributed by atoms with Gasteiger partial charge in [-0.15, -0.1) is 0 Å². The molecule has 1 N–H and O–H groups in total. The first kappa shape index (κ1) is 23.1. The Morgan fingerprint density at radius 2 is 1.77 bits per heavy atom. The molecule has 0 heterocycles. The molecule has 1 amide bonds. The second-order valence-electron chi connectivity index (χ2n) is 6.90. The highest BCUT2D eigenvalue weighted by atomic mass is 127. The molecule has 31 heavy (non-hydrogen) atoms. The lowest BCUT2D eigenvalue weighted by molar-refractivity contribution is -0.120. The SMILES string of the molecule is COc1cc(/C=N/NC(=O)Cc2ccc(C)cc2)cc(I)c1OCc1ccc(Cl)cc1. The van der Waals surface area contributed by atoms with Crippen molar-refractivity contribution in [2.24, 2.45) is 5.10 Å². The summed E-state index contributed by atoms with van der Waals surface area (Å²) in [4.78, 5) is 12.1. The van der Waals surface area contributed by atoms with Crippen LogP contribution in [0.5, 0.6) is 11.5 Å². The number of benzene rings is 3. The Bertz CT molecular complexity index is 1070. The first-order valence-electron chi connectivity index (χ1n) is 9.57. The number of aryl methyl sites for hydroxylation is 1. The largest absolute Gasteiger partial charge is 0.493 e. The number of nitrogens with zero attached hydrogens (tertiary/aromatic N) is 1. The van der Waals surface area contributed by atoms with Crippen LogP contribution >= 0.6 is 34.2 Å². The standard InChI is InChI=1S/C24H22ClIN2O3/c1-16-3-5-17(6-4-16)13-23(29)28-27-14-19-11-21(26)24(22(12-19)30-2)31-15-18-7-9-20(25)10-8-18/h3-12,14H,13,15H2,1-2H3,(H,28,29)/b27-14+. The third-order valence-corrected chi connectivity index (χ3v) is 5.49. The number of rotatable bonds is 8. The molecule has 3 rings (SSSR count). The van der Waals surface area contributed by atoms with E-state index >= 15 is 0 Å². The average Bonchev–Trinajstić information content (AvgIpc) is 2.75. The van der Waals surface area contributed by atoms with Gasteiger partial charge in [0.05, 0.1) is 23.3 Å². The summed E-state index contributed by atoms with van der Waals surface area (Å²) in [6, 6.07) is 19.1. The highest BCUT2D eigenvalue weighted by molar-refractivity contribution is 14.1. The second-order valence-corrected chi connectivity index (χ2v) is 8.50. The Kier molecular flexibility index (Phi) is 8.31. The van der Waals surface area contributed by atoms with Crippen molar-refractivity contribution >= 4 is 46.3 Å². The normalized spacial score (nSPS) is 10.8. The minimum Gasteiger partial charge on any atom is -0.493 e. The molecule has 160 valence electrons. The van der Waals surface area contributed by atoms with Gasteiger partial charge < -0.3 is 9.47 Å². The number of halogens is 2. The smallest absolute Gasteiger partial charge is 0.244 e. The number of carbonyl (C=O) groups excluding carboxylic acids is 1. The van der Waals surface area contributed by atoms with Crippen molar-refractivity contribution < 1.29 is 14.3 Å². The first-order valence-corrected chi connectivity index (χ1v) is 11.0. The molecule has 5 nitrogen and oxygen atoms in total. The van der Waals surface area contributed by atoms with E-state index in [1.54, 1.807) is 13.3 Å². The monoisotopic (exact) mass is 548 g/mol. The third kappa shape index (κ3) is 6.97. The van der Waals surface area contributed by atoms with Gasteiger partial charge in [0.1, 0.15) is 6.61 Å². The third-order valence-electron chi connectivity index (χ3n) is 4.44. The topological polar surface area (TPSA) is 59.9 Å². The van der Waals surface area contributed by atoms with Gasteiger partial charge in [-0.2, -0.15) is 5.10 Å². The molecule has 0 fully saturated rings. The number of methoxy groups -OCH3 is 1. The van der Waals surface area contributed by atoms with E-state index in [9.17, 15) is 4.79 Å². The summed E-state index contributed by atoms with van der Waals surface area (Å²) in [6.45, 7) is 2.41. The van der Waals surface area contributed by atoms with Gasteiger partial charge in [-0.1, -0.05) is 53.6 Å². The van der Waals surface area contributed by atoms with Crippen LogP contribution in [0.4, 0.5) is 0 Å². The van der Waals surface area contributed by atoms with Gasteiger partial charge in [0.15, 0.2) is 11.5 Å². The lowest BCUT2D eigenvalue weighted by atomic mass is 10.1. The number of carbonyl (C=O) groups is 1.